The van der Waals surface area contributed by atoms with Gasteiger partial charge in [0.25, 0.3) is 0 Å². The van der Waals surface area contributed by atoms with Crippen LogP contribution in [0, 0.1) is 0 Å². The van der Waals surface area contributed by atoms with Gasteiger partial charge in [-0.05, 0) is 23.7 Å². The molecule has 0 aromatic carbocycles. The summed E-state index contributed by atoms with van der Waals surface area (Å²) in [6.07, 6.45) is 0. The van der Waals surface area contributed by atoms with Gasteiger partial charge in [0.2, 0.25) is 0 Å². The Morgan fingerprint density at radius 2 is 1.24 bits per heavy atom. The van der Waals surface area contributed by atoms with E-state index in [0.29, 0.717) is 27.0 Å². The first-order valence-electron chi connectivity index (χ1n) is 4.30. The minimum Gasteiger partial charge on any atom is -0.544 e. The Morgan fingerprint density at radius 3 is 1.35 bits per heavy atom. The predicted molar refractivity (Wildman–Crippen MR) is 60.5 cm³/mol. The van der Waals surface area contributed by atoms with E-state index in [4.69, 9.17) is 0 Å². The molecule has 0 bridgehead atoms. The Hall–Kier alpha value is -1.01. The fourth-order valence-corrected chi connectivity index (χ4v) is 2.28. The smallest absolute Gasteiger partial charge is 0.544 e. The van der Waals surface area contributed by atoms with Crippen molar-refractivity contribution in [3.63, 3.8) is 0 Å². The standard InChI is InChI=1S/2C5H5O2P.Ni/c2*6-5(7)4-2-1-3-8-4;/h2*1-3,8H,(H,6,7);/q;;+2/p-2. The molecule has 0 amide bonds. The van der Waals surface area contributed by atoms with Crippen LogP contribution < -0.4 is 10.2 Å². The Labute approximate surface area is 111 Å². The molecule has 0 saturated carbocycles. The van der Waals surface area contributed by atoms with Gasteiger partial charge in [-0.25, -0.2) is 0 Å². The molecule has 2 atom stereocenters. The Bertz CT molecular complexity index is 406. The van der Waals surface area contributed by atoms with Crippen molar-refractivity contribution < 1.29 is 36.3 Å². The molecule has 0 radical (unpaired) electrons. The van der Waals surface area contributed by atoms with Gasteiger partial charge in [0, 0.05) is 10.6 Å². The topological polar surface area (TPSA) is 80.3 Å². The van der Waals surface area contributed by atoms with Gasteiger partial charge in [0.05, 0.1) is 11.9 Å². The molecule has 7 heteroatoms. The van der Waals surface area contributed by atoms with E-state index in [2.05, 4.69) is 0 Å². The van der Waals surface area contributed by atoms with Gasteiger partial charge in [0.15, 0.2) is 0 Å². The molecule has 2 rings (SSSR count). The van der Waals surface area contributed by atoms with Gasteiger partial charge >= 0.3 is 16.5 Å². The molecule has 0 spiro atoms. The van der Waals surface area contributed by atoms with Crippen molar-refractivity contribution >= 4 is 28.3 Å². The van der Waals surface area contributed by atoms with Crippen LogP contribution >= 0.6 is 16.4 Å². The zero-order chi connectivity index (χ0) is 12.0. The summed E-state index contributed by atoms with van der Waals surface area (Å²) in [5.41, 5.74) is 0. The first-order chi connectivity index (χ1) is 7.61. The summed E-state index contributed by atoms with van der Waals surface area (Å²) in [4.78, 5) is 20.0. The molecule has 0 fully saturated rings. The minimum atomic E-state index is -1.05. The summed E-state index contributed by atoms with van der Waals surface area (Å²) in [7, 11) is 0.597. The number of hydrogen-bond donors (Lipinski definition) is 0. The van der Waals surface area contributed by atoms with E-state index in [0.717, 1.165) is 0 Å². The molecule has 0 N–H and O–H groups in total. The maximum Gasteiger partial charge on any atom is 2.00 e. The van der Waals surface area contributed by atoms with Crippen molar-refractivity contribution in [3.05, 3.63) is 46.5 Å². The van der Waals surface area contributed by atoms with Crippen LogP contribution in [-0.2, 0) is 16.5 Å². The van der Waals surface area contributed by atoms with Crippen molar-refractivity contribution in [1.82, 2.24) is 0 Å². The van der Waals surface area contributed by atoms with Gasteiger partial charge in [0.1, 0.15) is 0 Å². The van der Waals surface area contributed by atoms with Crippen LogP contribution in [0.5, 0.6) is 0 Å². The normalized spacial score (nSPS) is 9.41. The van der Waals surface area contributed by atoms with E-state index in [1.807, 2.05) is 11.6 Å². The van der Waals surface area contributed by atoms with Crippen LogP contribution in [0.25, 0.3) is 0 Å². The van der Waals surface area contributed by atoms with Gasteiger partial charge in [-0.1, -0.05) is 12.1 Å². The van der Waals surface area contributed by atoms with Crippen molar-refractivity contribution in [2.45, 2.75) is 0 Å². The molecule has 0 saturated heterocycles. The van der Waals surface area contributed by atoms with E-state index in [-0.39, 0.29) is 16.5 Å². The quantitative estimate of drug-likeness (QED) is 0.740. The van der Waals surface area contributed by atoms with Crippen LogP contribution in [0.1, 0.15) is 20.2 Å². The number of carboxylic acid groups (broad SMARTS) is 2. The molecule has 92 valence electrons. The van der Waals surface area contributed by atoms with E-state index in [1.54, 1.807) is 24.3 Å². The third-order valence-corrected chi connectivity index (χ3v) is 3.72. The maximum atomic E-state index is 9.99. The molecule has 2 aromatic heterocycles. The summed E-state index contributed by atoms with van der Waals surface area (Å²) >= 11 is 0. The summed E-state index contributed by atoms with van der Waals surface area (Å²) in [6.45, 7) is 0. The van der Waals surface area contributed by atoms with Gasteiger partial charge in [-0.3, -0.25) is 0 Å². The van der Waals surface area contributed by atoms with Gasteiger partial charge in [-0.2, -0.15) is 0 Å². The molecule has 2 heterocycles. The average Bonchev–Trinajstić information content (AvgIpc) is 2.93. The van der Waals surface area contributed by atoms with Crippen molar-refractivity contribution in [3.8, 4) is 0 Å². The monoisotopic (exact) mass is 312 g/mol. The van der Waals surface area contributed by atoms with Gasteiger partial charge < -0.3 is 19.8 Å². The van der Waals surface area contributed by atoms with Crippen LogP contribution in [0.15, 0.2) is 35.9 Å². The second kappa shape index (κ2) is 8.14. The zero-order valence-electron chi connectivity index (χ0n) is 8.41. The third kappa shape index (κ3) is 5.74. The largest absolute Gasteiger partial charge is 2.00 e. The molecule has 0 aliphatic heterocycles. The number of rotatable bonds is 2. The first kappa shape index (κ1) is 16.0. The summed E-state index contributed by atoms with van der Waals surface area (Å²) in [5.74, 6) is 1.53. The Morgan fingerprint density at radius 1 is 0.882 bits per heavy atom. The van der Waals surface area contributed by atoms with Crippen LogP contribution in [0.3, 0.4) is 0 Å². The van der Waals surface area contributed by atoms with Crippen molar-refractivity contribution in [1.29, 1.82) is 0 Å². The summed E-state index contributed by atoms with van der Waals surface area (Å²) in [6, 6.07) is 6.58. The fourth-order valence-electron chi connectivity index (χ4n) is 0.915. The van der Waals surface area contributed by atoms with Crippen molar-refractivity contribution in [2.24, 2.45) is 0 Å². The molecule has 2 unspecified atom stereocenters. The van der Waals surface area contributed by atoms with E-state index < -0.39 is 11.9 Å². The Balaban J connectivity index is 0.000000284. The molecule has 0 aliphatic rings. The molecular formula is C10H8NiO4P2. The van der Waals surface area contributed by atoms with Crippen molar-refractivity contribution in [2.75, 3.05) is 0 Å². The molecule has 0 aliphatic carbocycles. The van der Waals surface area contributed by atoms with Crippen LogP contribution in [0.2, 0.25) is 0 Å². The Kier molecular flexibility index (Phi) is 7.66. The number of carboxylic acids is 2. The SMILES string of the molecule is O=C([O-])c1ccc[pH]1.O=C([O-])c1ccc[pH]1.[Ni+2]. The molecule has 17 heavy (non-hydrogen) atoms. The predicted octanol–water partition coefficient (Wildman–Crippen LogP) is 0.160. The number of hydrogen-bond acceptors (Lipinski definition) is 4. The fraction of sp³-hybridized carbons (Fsp3) is 0. The van der Waals surface area contributed by atoms with Crippen LogP contribution in [0.4, 0.5) is 0 Å². The van der Waals surface area contributed by atoms with E-state index in [1.165, 1.54) is 0 Å². The number of carbonyl (C=O) groups is 2. The first-order valence-corrected chi connectivity index (χ1v) is 6.46. The zero-order valence-corrected chi connectivity index (χ0v) is 11.4. The third-order valence-electron chi connectivity index (χ3n) is 1.64. The maximum absolute atomic E-state index is 9.99. The van der Waals surface area contributed by atoms with Crippen LogP contribution in [-0.4, -0.2) is 11.9 Å². The average molecular weight is 313 g/mol. The summed E-state index contributed by atoms with van der Waals surface area (Å²) in [5, 5.41) is 20.8. The molecular weight excluding hydrogens is 305 g/mol. The molecule has 4 nitrogen and oxygen atoms in total. The second-order valence-corrected chi connectivity index (χ2v) is 5.06. The van der Waals surface area contributed by atoms with Gasteiger partial charge in [-0.15, -0.1) is 16.4 Å². The second-order valence-electron chi connectivity index (χ2n) is 2.74. The minimum absolute atomic E-state index is 0. The van der Waals surface area contributed by atoms with E-state index >= 15 is 0 Å². The number of aromatic carboxylic acids is 2. The molecule has 2 aromatic rings. The number of carbonyl (C=O) groups excluding carboxylic acids is 2. The summed E-state index contributed by atoms with van der Waals surface area (Å²) < 4.78 is 0. The van der Waals surface area contributed by atoms with E-state index in [9.17, 15) is 19.8 Å².